The molecule has 0 aromatic heterocycles. The average molecular weight is 352 g/mol. The fourth-order valence-electron chi connectivity index (χ4n) is 2.28. The molecule has 0 saturated heterocycles. The number of rotatable bonds is 8. The van der Waals surface area contributed by atoms with E-state index in [0.717, 1.165) is 0 Å². The van der Waals surface area contributed by atoms with Crippen LogP contribution in [0.15, 0.2) is 35.6 Å². The fourth-order valence-corrected chi connectivity index (χ4v) is 2.64. The van der Waals surface area contributed by atoms with Crippen molar-refractivity contribution < 1.29 is 28.9 Å². The van der Waals surface area contributed by atoms with Gasteiger partial charge in [0, 0.05) is 11.7 Å². The Morgan fingerprint density at radius 1 is 1.38 bits per heavy atom. The predicted molar refractivity (Wildman–Crippen MR) is 90.6 cm³/mol. The van der Waals surface area contributed by atoms with Crippen molar-refractivity contribution in [3.63, 3.8) is 0 Å². The van der Waals surface area contributed by atoms with Gasteiger partial charge in [0.1, 0.15) is 5.57 Å². The lowest BCUT2D eigenvalue weighted by Crippen LogP contribution is -2.18. The van der Waals surface area contributed by atoms with Crippen molar-refractivity contribution in [3.05, 3.63) is 35.6 Å². The number of aliphatic hydroxyl groups is 1. The van der Waals surface area contributed by atoms with E-state index in [2.05, 4.69) is 0 Å². The van der Waals surface area contributed by atoms with Crippen molar-refractivity contribution >= 4 is 23.5 Å². The van der Waals surface area contributed by atoms with Crippen LogP contribution >= 0.6 is 11.8 Å². The number of aliphatic hydroxyl groups excluding tert-OH is 1. The molecule has 0 radical (unpaired) electrons. The summed E-state index contributed by atoms with van der Waals surface area (Å²) in [6.45, 7) is 1.57. The van der Waals surface area contributed by atoms with Gasteiger partial charge in [-0.05, 0) is 18.4 Å². The van der Waals surface area contributed by atoms with Gasteiger partial charge >= 0.3 is 5.97 Å². The van der Waals surface area contributed by atoms with E-state index in [-0.39, 0.29) is 23.2 Å². The van der Waals surface area contributed by atoms with Crippen molar-refractivity contribution in [1.29, 1.82) is 0 Å². The molecular formula is C17H20O6S. The highest BCUT2D eigenvalue weighted by Crippen LogP contribution is 2.29. The van der Waals surface area contributed by atoms with Crippen molar-refractivity contribution in [3.8, 4) is 11.5 Å². The normalized spacial score (nSPS) is 18.3. The lowest BCUT2D eigenvalue weighted by Gasteiger charge is -2.13. The number of ether oxygens (including phenoxy) is 3. The van der Waals surface area contributed by atoms with Crippen LogP contribution in [-0.2, 0) is 14.3 Å². The van der Waals surface area contributed by atoms with Crippen molar-refractivity contribution in [2.45, 2.75) is 24.7 Å². The van der Waals surface area contributed by atoms with E-state index in [1.807, 2.05) is 13.2 Å². The number of ketones is 1. The number of Topliss-reactive ketones (excluding diaryl/α,β-unsaturated/α-hetero) is 1. The molecular weight excluding hydrogens is 332 g/mol. The second-order valence-electron chi connectivity index (χ2n) is 5.30. The molecule has 1 heterocycles. The van der Waals surface area contributed by atoms with Gasteiger partial charge in [-0.15, -0.1) is 0 Å². The Kier molecular flexibility index (Phi) is 6.14. The summed E-state index contributed by atoms with van der Waals surface area (Å²) >= 11 is 1.59. The zero-order chi connectivity index (χ0) is 17.7. The van der Waals surface area contributed by atoms with Crippen LogP contribution in [0.3, 0.4) is 0 Å². The molecule has 130 valence electrons. The van der Waals surface area contributed by atoms with Gasteiger partial charge in [-0.25, -0.2) is 4.79 Å². The molecule has 1 aromatic rings. The number of carbonyl (C=O) groups excluding carboxylic acids is 2. The monoisotopic (exact) mass is 352 g/mol. The molecule has 1 aromatic carbocycles. The van der Waals surface area contributed by atoms with Gasteiger partial charge < -0.3 is 19.3 Å². The molecule has 0 bridgehead atoms. The fraction of sp³-hybridized carbons (Fsp3) is 0.412. The summed E-state index contributed by atoms with van der Waals surface area (Å²) in [5.74, 6) is -0.881. The molecule has 0 spiro atoms. The van der Waals surface area contributed by atoms with Crippen molar-refractivity contribution in [2.24, 2.45) is 0 Å². The number of hydrogen-bond donors (Lipinski definition) is 1. The first-order chi connectivity index (χ1) is 11.5. The maximum Gasteiger partial charge on any atom is 0.346 e. The van der Waals surface area contributed by atoms with Crippen LogP contribution in [0.5, 0.6) is 11.5 Å². The second-order valence-corrected chi connectivity index (χ2v) is 6.58. The van der Waals surface area contributed by atoms with E-state index < -0.39 is 17.9 Å². The molecule has 1 aliphatic rings. The highest BCUT2D eigenvalue weighted by atomic mass is 32.2. The van der Waals surface area contributed by atoms with Crippen LogP contribution in [0, 0.1) is 0 Å². The molecule has 7 heteroatoms. The van der Waals surface area contributed by atoms with E-state index in [1.54, 1.807) is 36.0 Å². The van der Waals surface area contributed by atoms with E-state index >= 15 is 0 Å². The first-order valence-corrected chi connectivity index (χ1v) is 8.72. The van der Waals surface area contributed by atoms with E-state index in [4.69, 9.17) is 14.2 Å². The number of para-hydroxylation sites is 2. The first kappa shape index (κ1) is 18.2. The lowest BCUT2D eigenvalue weighted by atomic mass is 10.1. The first-order valence-electron chi connectivity index (χ1n) is 7.43. The van der Waals surface area contributed by atoms with Crippen LogP contribution < -0.4 is 9.47 Å². The number of benzene rings is 1. The minimum atomic E-state index is -0.806. The van der Waals surface area contributed by atoms with Gasteiger partial charge in [0.05, 0.1) is 7.11 Å². The Hall–Kier alpha value is -2.15. The summed E-state index contributed by atoms with van der Waals surface area (Å²) in [6, 6.07) is 6.85. The standard InChI is InChI=1S/C17H20O6S/c1-10(24-3)8-14-16(19)15(17(20)23-14)11(18)9-22-13-7-5-4-6-12(13)21-2/h4-7,10,14,19H,8-9H2,1-3H3. The molecule has 1 aliphatic heterocycles. The molecule has 6 nitrogen and oxygen atoms in total. The summed E-state index contributed by atoms with van der Waals surface area (Å²) in [4.78, 5) is 24.1. The Labute approximate surface area is 144 Å². The Morgan fingerprint density at radius 3 is 2.67 bits per heavy atom. The molecule has 2 atom stereocenters. The summed E-state index contributed by atoms with van der Waals surface area (Å²) in [5, 5.41) is 10.3. The summed E-state index contributed by atoms with van der Waals surface area (Å²) in [6.07, 6.45) is 1.60. The average Bonchev–Trinajstić information content (AvgIpc) is 2.86. The van der Waals surface area contributed by atoms with E-state index in [1.165, 1.54) is 7.11 Å². The van der Waals surface area contributed by atoms with Gasteiger partial charge in [0.15, 0.2) is 30.0 Å². The number of esters is 1. The van der Waals surface area contributed by atoms with Crippen molar-refractivity contribution in [2.75, 3.05) is 20.0 Å². The van der Waals surface area contributed by atoms with Crippen LogP contribution in [0.2, 0.25) is 0 Å². The number of cyclic esters (lactones) is 1. The predicted octanol–water partition coefficient (Wildman–Crippen LogP) is 2.52. The summed E-state index contributed by atoms with van der Waals surface area (Å²) in [7, 11) is 1.49. The molecule has 2 unspecified atom stereocenters. The second kappa shape index (κ2) is 8.10. The molecule has 0 saturated carbocycles. The quantitative estimate of drug-likeness (QED) is 0.568. The molecule has 2 rings (SSSR count). The van der Waals surface area contributed by atoms with Crippen LogP contribution in [0.25, 0.3) is 0 Å². The summed E-state index contributed by atoms with van der Waals surface area (Å²) < 4.78 is 15.6. The largest absolute Gasteiger partial charge is 0.507 e. The van der Waals surface area contributed by atoms with Gasteiger partial charge in [-0.1, -0.05) is 19.1 Å². The maximum atomic E-state index is 12.3. The van der Waals surface area contributed by atoms with Crippen LogP contribution in [0.1, 0.15) is 13.3 Å². The van der Waals surface area contributed by atoms with E-state index in [0.29, 0.717) is 17.9 Å². The number of hydrogen-bond acceptors (Lipinski definition) is 7. The van der Waals surface area contributed by atoms with Gasteiger partial charge in [-0.3, -0.25) is 4.79 Å². The van der Waals surface area contributed by atoms with Gasteiger partial charge in [0.2, 0.25) is 5.78 Å². The van der Waals surface area contributed by atoms with Crippen molar-refractivity contribution in [1.82, 2.24) is 0 Å². The van der Waals surface area contributed by atoms with E-state index in [9.17, 15) is 14.7 Å². The Bertz CT molecular complexity index is 654. The number of methoxy groups -OCH3 is 1. The zero-order valence-electron chi connectivity index (χ0n) is 13.8. The molecule has 0 amide bonds. The smallest absolute Gasteiger partial charge is 0.346 e. The van der Waals surface area contributed by atoms with Gasteiger partial charge in [0.25, 0.3) is 0 Å². The highest BCUT2D eigenvalue weighted by Gasteiger charge is 2.38. The number of carbonyl (C=O) groups is 2. The topological polar surface area (TPSA) is 82.1 Å². The third-order valence-electron chi connectivity index (χ3n) is 3.67. The third kappa shape index (κ3) is 4.03. The SMILES string of the molecule is COc1ccccc1OCC(=O)C1=C(O)C(CC(C)SC)OC1=O. The minimum Gasteiger partial charge on any atom is -0.507 e. The third-order valence-corrected chi connectivity index (χ3v) is 4.67. The Morgan fingerprint density at radius 2 is 2.04 bits per heavy atom. The molecule has 1 N–H and O–H groups in total. The van der Waals surface area contributed by atoms with Gasteiger partial charge in [-0.2, -0.15) is 11.8 Å². The van der Waals surface area contributed by atoms with Crippen LogP contribution in [-0.4, -0.2) is 48.2 Å². The molecule has 24 heavy (non-hydrogen) atoms. The lowest BCUT2D eigenvalue weighted by molar-refractivity contribution is -0.141. The molecule has 0 aliphatic carbocycles. The number of thioether (sulfide) groups is 1. The molecule has 0 fully saturated rings. The zero-order valence-corrected chi connectivity index (χ0v) is 14.6. The minimum absolute atomic E-state index is 0.184. The highest BCUT2D eigenvalue weighted by molar-refractivity contribution is 7.99. The maximum absolute atomic E-state index is 12.3. The Balaban J connectivity index is 2.06. The van der Waals surface area contributed by atoms with Crippen LogP contribution in [0.4, 0.5) is 0 Å². The summed E-state index contributed by atoms with van der Waals surface area (Å²) in [5.41, 5.74) is -0.330.